The zero-order valence-electron chi connectivity index (χ0n) is 7.36. The van der Waals surface area contributed by atoms with Crippen molar-refractivity contribution in [1.82, 2.24) is 5.32 Å². The average Bonchev–Trinajstić information content (AvgIpc) is 2.13. The highest BCUT2D eigenvalue weighted by Gasteiger charge is 2.19. The summed E-state index contributed by atoms with van der Waals surface area (Å²) >= 11 is 2.87. The van der Waals surface area contributed by atoms with Crippen LogP contribution in [-0.2, 0) is 0 Å². The van der Waals surface area contributed by atoms with E-state index in [1.807, 2.05) is 0 Å². The lowest BCUT2D eigenvalue weighted by molar-refractivity contribution is -0.420. The van der Waals surface area contributed by atoms with Crippen LogP contribution < -0.4 is 5.32 Å². The molecule has 0 bridgehead atoms. The normalized spacial score (nSPS) is 12.9. The number of nitrogens with zero attached hydrogens (tertiary/aromatic N) is 2. The number of halogens is 1. The number of nitrogens with one attached hydrogen (secondary N) is 1. The maximum Gasteiger partial charge on any atom is 0.308 e. The highest BCUT2D eigenvalue weighted by molar-refractivity contribution is 9.11. The first-order chi connectivity index (χ1) is 6.58. The van der Waals surface area contributed by atoms with Gasteiger partial charge in [0, 0.05) is 7.05 Å². The highest BCUT2D eigenvalue weighted by Crippen LogP contribution is 2.20. The molecule has 0 aliphatic rings. The minimum Gasteiger partial charge on any atom is -0.383 e. The summed E-state index contributed by atoms with van der Waals surface area (Å²) in [6.45, 7) is 3.40. The fraction of sp³-hybridized carbons (Fsp3) is 0.143. The van der Waals surface area contributed by atoms with Gasteiger partial charge in [0.2, 0.25) is 0 Å². The fourth-order valence-electron chi connectivity index (χ4n) is 0.739. The molecule has 1 N–H and O–H groups in total. The molecule has 0 aromatic rings. The second-order valence-electron chi connectivity index (χ2n) is 2.06. The van der Waals surface area contributed by atoms with Crippen molar-refractivity contribution in [2.75, 3.05) is 7.05 Å². The molecule has 0 saturated heterocycles. The van der Waals surface area contributed by atoms with Gasteiger partial charge < -0.3 is 5.32 Å². The zero-order valence-corrected chi connectivity index (χ0v) is 8.94. The van der Waals surface area contributed by atoms with Gasteiger partial charge in [-0.2, -0.15) is 0 Å². The molecule has 0 amide bonds. The van der Waals surface area contributed by atoms with Crippen LogP contribution in [0, 0.1) is 15.0 Å². The van der Waals surface area contributed by atoms with Crippen molar-refractivity contribution in [2.24, 2.45) is 5.18 Å². The third-order valence-electron chi connectivity index (χ3n) is 1.30. The Bertz CT molecular complexity index is 322. The van der Waals surface area contributed by atoms with E-state index in [0.717, 1.165) is 6.20 Å². The van der Waals surface area contributed by atoms with Crippen molar-refractivity contribution in [3.05, 3.63) is 49.8 Å². The summed E-state index contributed by atoms with van der Waals surface area (Å²) in [4.78, 5) is 19.9. The van der Waals surface area contributed by atoms with Gasteiger partial charge in [-0.3, -0.25) is 10.1 Å². The summed E-state index contributed by atoms with van der Waals surface area (Å²) in [6.07, 6.45) is 2.08. The second-order valence-corrected chi connectivity index (χ2v) is 2.91. The van der Waals surface area contributed by atoms with Gasteiger partial charge in [0.1, 0.15) is 10.2 Å². The SMILES string of the molecule is C=C/C(NC)=C(\C(Br)=C/N=O)[N+](=O)[O-]. The maximum atomic E-state index is 10.6. The van der Waals surface area contributed by atoms with Gasteiger partial charge in [-0.25, -0.2) is 0 Å². The van der Waals surface area contributed by atoms with Gasteiger partial charge >= 0.3 is 5.70 Å². The molecule has 0 rings (SSSR count). The first kappa shape index (κ1) is 12.5. The summed E-state index contributed by atoms with van der Waals surface area (Å²) in [6, 6.07) is 0. The molecule has 0 radical (unpaired) electrons. The number of hydrogen-bond donors (Lipinski definition) is 1. The molecule has 0 saturated carbocycles. The molecular weight excluding hydrogens is 254 g/mol. The molecule has 0 spiro atoms. The molecule has 7 heteroatoms. The van der Waals surface area contributed by atoms with Crippen LogP contribution in [0.1, 0.15) is 0 Å². The van der Waals surface area contributed by atoms with Crippen LogP contribution in [-0.4, -0.2) is 12.0 Å². The monoisotopic (exact) mass is 261 g/mol. The number of allylic oxidation sites excluding steroid dienone is 2. The van der Waals surface area contributed by atoms with Crippen LogP contribution in [0.4, 0.5) is 0 Å². The molecule has 0 aromatic carbocycles. The Kier molecular flexibility index (Phi) is 5.38. The third-order valence-corrected chi connectivity index (χ3v) is 1.88. The largest absolute Gasteiger partial charge is 0.383 e. The smallest absolute Gasteiger partial charge is 0.308 e. The van der Waals surface area contributed by atoms with Crippen molar-refractivity contribution in [3.8, 4) is 0 Å². The van der Waals surface area contributed by atoms with E-state index in [1.165, 1.54) is 13.1 Å². The molecule has 0 aliphatic carbocycles. The summed E-state index contributed by atoms with van der Waals surface area (Å²) in [5.41, 5.74) is -0.0936. The summed E-state index contributed by atoms with van der Waals surface area (Å²) < 4.78 is -0.0123. The van der Waals surface area contributed by atoms with Crippen LogP contribution in [0.25, 0.3) is 0 Å². The van der Waals surface area contributed by atoms with Crippen LogP contribution in [0.2, 0.25) is 0 Å². The van der Waals surface area contributed by atoms with E-state index in [4.69, 9.17) is 0 Å². The molecule has 0 heterocycles. The topological polar surface area (TPSA) is 84.6 Å². The number of nitro groups is 1. The van der Waals surface area contributed by atoms with Gasteiger partial charge in [0.05, 0.1) is 11.1 Å². The zero-order chi connectivity index (χ0) is 11.1. The van der Waals surface area contributed by atoms with Gasteiger partial charge in [-0.1, -0.05) is 6.58 Å². The molecule has 0 aromatic heterocycles. The lowest BCUT2D eigenvalue weighted by atomic mass is 10.3. The maximum absolute atomic E-state index is 10.6. The standard InChI is InChI=1S/C7H8BrN3O3/c1-3-6(9-2)7(11(13)14)5(8)4-10-12/h3-4,9H,1H2,2H3/b5-4+,7-6-. The Labute approximate surface area is 88.6 Å². The Balaban J connectivity index is 5.43. The number of rotatable bonds is 5. The Morgan fingerprint density at radius 1 is 1.71 bits per heavy atom. The van der Waals surface area contributed by atoms with Crippen LogP contribution in [0.5, 0.6) is 0 Å². The molecule has 0 unspecified atom stereocenters. The molecule has 6 nitrogen and oxygen atoms in total. The van der Waals surface area contributed by atoms with Crippen molar-refractivity contribution >= 4 is 15.9 Å². The summed E-state index contributed by atoms with van der Waals surface area (Å²) in [7, 11) is 1.51. The lowest BCUT2D eigenvalue weighted by Gasteiger charge is -2.02. The molecule has 0 fully saturated rings. The number of nitroso groups, excluding NO2 is 1. The average molecular weight is 262 g/mol. The van der Waals surface area contributed by atoms with E-state index >= 15 is 0 Å². The minimum absolute atomic E-state index is 0.0123. The van der Waals surface area contributed by atoms with E-state index in [0.29, 0.717) is 0 Å². The van der Waals surface area contributed by atoms with Gasteiger partial charge in [-0.15, -0.1) is 4.91 Å². The van der Waals surface area contributed by atoms with E-state index in [9.17, 15) is 15.0 Å². The van der Waals surface area contributed by atoms with Crippen molar-refractivity contribution < 1.29 is 4.92 Å². The predicted molar refractivity (Wildman–Crippen MR) is 56.1 cm³/mol. The first-order valence-electron chi connectivity index (χ1n) is 3.45. The molecule has 0 aliphatic heterocycles. The van der Waals surface area contributed by atoms with E-state index in [1.54, 1.807) is 0 Å². The Morgan fingerprint density at radius 3 is 2.57 bits per heavy atom. The lowest BCUT2D eigenvalue weighted by Crippen LogP contribution is -2.12. The van der Waals surface area contributed by atoms with Crippen LogP contribution in [0.3, 0.4) is 0 Å². The number of likely N-dealkylation sites (N-methyl/N-ethyl adjacent to an activating group) is 1. The van der Waals surface area contributed by atoms with E-state index in [-0.39, 0.29) is 15.9 Å². The highest BCUT2D eigenvalue weighted by atomic mass is 79.9. The number of hydrogen-bond acceptors (Lipinski definition) is 5. The summed E-state index contributed by atoms with van der Waals surface area (Å²) in [5.74, 6) is 0. The molecular formula is C7H8BrN3O3. The van der Waals surface area contributed by atoms with Gasteiger partial charge in [-0.05, 0) is 27.2 Å². The molecule has 0 atom stereocenters. The molecule has 76 valence electrons. The second kappa shape index (κ2) is 6.03. The quantitative estimate of drug-likeness (QED) is 0.355. The van der Waals surface area contributed by atoms with Crippen molar-refractivity contribution in [2.45, 2.75) is 0 Å². The van der Waals surface area contributed by atoms with Crippen molar-refractivity contribution in [1.29, 1.82) is 0 Å². The molecule has 14 heavy (non-hydrogen) atoms. The van der Waals surface area contributed by atoms with Crippen molar-refractivity contribution in [3.63, 3.8) is 0 Å². The van der Waals surface area contributed by atoms with E-state index < -0.39 is 4.92 Å². The summed E-state index contributed by atoms with van der Waals surface area (Å²) in [5, 5.41) is 15.6. The van der Waals surface area contributed by atoms with Crippen LogP contribution in [0.15, 0.2) is 39.9 Å². The van der Waals surface area contributed by atoms with Gasteiger partial charge in [0.15, 0.2) is 0 Å². The Hall–Kier alpha value is -1.50. The van der Waals surface area contributed by atoms with E-state index in [2.05, 4.69) is 33.0 Å². The minimum atomic E-state index is -0.640. The predicted octanol–water partition coefficient (Wildman–Crippen LogP) is 1.88. The Morgan fingerprint density at radius 2 is 2.29 bits per heavy atom. The third kappa shape index (κ3) is 3.09. The van der Waals surface area contributed by atoms with Gasteiger partial charge in [0.25, 0.3) is 0 Å². The first-order valence-corrected chi connectivity index (χ1v) is 4.25. The van der Waals surface area contributed by atoms with Crippen LogP contribution >= 0.6 is 15.9 Å². The fourth-order valence-corrected chi connectivity index (χ4v) is 1.18.